The molecule has 0 unspecified atom stereocenters. The molecular formula is C14H20F3N5O2. The van der Waals surface area contributed by atoms with Gasteiger partial charge in [0, 0.05) is 25.1 Å². The summed E-state index contributed by atoms with van der Waals surface area (Å²) in [5, 5.41) is 0. The molecule has 0 aliphatic carbocycles. The zero-order chi connectivity index (χ0) is 18.3. The van der Waals surface area contributed by atoms with Crippen LogP contribution in [0.3, 0.4) is 0 Å². The maximum atomic E-state index is 12.6. The number of amides is 2. The summed E-state index contributed by atoms with van der Waals surface area (Å²) in [7, 11) is 1.62. The minimum Gasteiger partial charge on any atom is -0.297 e. The van der Waals surface area contributed by atoms with Crippen LogP contribution in [0.1, 0.15) is 25.4 Å². The molecule has 0 aromatic carbocycles. The van der Waals surface area contributed by atoms with Crippen LogP contribution in [-0.4, -0.2) is 46.8 Å². The normalized spacial score (nSPS) is 11.7. The van der Waals surface area contributed by atoms with Crippen molar-refractivity contribution in [3.8, 4) is 0 Å². The molecule has 0 atom stereocenters. The van der Waals surface area contributed by atoms with Crippen molar-refractivity contribution in [1.82, 2.24) is 25.7 Å². The summed E-state index contributed by atoms with van der Waals surface area (Å²) in [4.78, 5) is 31.8. The second kappa shape index (κ2) is 8.57. The molecule has 24 heavy (non-hydrogen) atoms. The number of halogens is 3. The van der Waals surface area contributed by atoms with Crippen LogP contribution in [0.25, 0.3) is 0 Å². The number of nitrogens with zero attached hydrogens (tertiary/aromatic N) is 3. The van der Waals surface area contributed by atoms with Gasteiger partial charge in [-0.15, -0.1) is 0 Å². The van der Waals surface area contributed by atoms with Crippen LogP contribution < -0.4 is 10.9 Å². The maximum absolute atomic E-state index is 12.6. The Kier molecular flexibility index (Phi) is 7.08. The molecule has 0 aliphatic heterocycles. The number of aromatic nitrogens is 2. The Balaban J connectivity index is 2.42. The van der Waals surface area contributed by atoms with E-state index in [1.807, 2.05) is 0 Å². The molecule has 10 heteroatoms. The monoisotopic (exact) mass is 347 g/mol. The first kappa shape index (κ1) is 19.8. The highest BCUT2D eigenvalue weighted by Gasteiger charge is 2.32. The number of hydrogen-bond donors (Lipinski definition) is 2. The van der Waals surface area contributed by atoms with Crippen LogP contribution in [0.2, 0.25) is 0 Å². The van der Waals surface area contributed by atoms with E-state index in [1.165, 1.54) is 0 Å². The molecule has 0 saturated heterocycles. The van der Waals surface area contributed by atoms with Crippen molar-refractivity contribution in [2.75, 3.05) is 20.1 Å². The minimum atomic E-state index is -4.52. The van der Waals surface area contributed by atoms with Crippen molar-refractivity contribution >= 4 is 11.8 Å². The lowest BCUT2D eigenvalue weighted by Gasteiger charge is -2.16. The number of hydrogen-bond acceptors (Lipinski definition) is 5. The average Bonchev–Trinajstić information content (AvgIpc) is 2.50. The van der Waals surface area contributed by atoms with Gasteiger partial charge in [-0.2, -0.15) is 13.2 Å². The molecule has 0 radical (unpaired) electrons. The molecule has 0 spiro atoms. The number of carbonyl (C=O) groups excluding carboxylic acids is 2. The van der Waals surface area contributed by atoms with Gasteiger partial charge in [0.05, 0.1) is 6.54 Å². The lowest BCUT2D eigenvalue weighted by atomic mass is 10.2. The minimum absolute atomic E-state index is 0.0304. The van der Waals surface area contributed by atoms with Gasteiger partial charge in [0.1, 0.15) is 11.5 Å². The van der Waals surface area contributed by atoms with Crippen molar-refractivity contribution in [2.24, 2.45) is 5.92 Å². The van der Waals surface area contributed by atoms with Gasteiger partial charge in [0.25, 0.3) is 5.91 Å². The van der Waals surface area contributed by atoms with Crippen LogP contribution in [0.5, 0.6) is 0 Å². The lowest BCUT2D eigenvalue weighted by Crippen LogP contribution is -2.47. The summed E-state index contributed by atoms with van der Waals surface area (Å²) in [6.45, 7) is 3.62. The molecule has 2 amide bonds. The zero-order valence-electron chi connectivity index (χ0n) is 13.6. The molecule has 1 aromatic heterocycles. The Morgan fingerprint density at radius 3 is 2.54 bits per heavy atom. The number of hydrazine groups is 1. The highest BCUT2D eigenvalue weighted by Crippen LogP contribution is 2.26. The van der Waals surface area contributed by atoms with Crippen LogP contribution in [0, 0.1) is 5.92 Å². The van der Waals surface area contributed by atoms with E-state index in [9.17, 15) is 22.8 Å². The summed E-state index contributed by atoms with van der Waals surface area (Å²) < 4.78 is 37.7. The van der Waals surface area contributed by atoms with Gasteiger partial charge in [-0.1, -0.05) is 13.8 Å². The highest BCUT2D eigenvalue weighted by molar-refractivity contribution is 5.83. The Hall–Kier alpha value is -2.23. The van der Waals surface area contributed by atoms with Gasteiger partial charge in [-0.05, 0) is 13.1 Å². The molecule has 1 aromatic rings. The van der Waals surface area contributed by atoms with Gasteiger partial charge in [0.15, 0.2) is 0 Å². The van der Waals surface area contributed by atoms with E-state index < -0.39 is 17.8 Å². The third kappa shape index (κ3) is 6.90. The summed E-state index contributed by atoms with van der Waals surface area (Å²) in [5.41, 5.74) is 3.54. The highest BCUT2D eigenvalue weighted by atomic mass is 19.4. The van der Waals surface area contributed by atoms with Crippen molar-refractivity contribution in [3.63, 3.8) is 0 Å². The SMILES string of the molecule is CC(C)C(=O)NNC(=O)CN(C)CCc1nccc(C(F)(F)F)n1. The van der Waals surface area contributed by atoms with E-state index in [0.29, 0.717) is 0 Å². The van der Waals surface area contributed by atoms with E-state index >= 15 is 0 Å². The standard InChI is InChI=1S/C14H20F3N5O2/c1-9(2)13(24)21-20-12(23)8-22(3)7-5-11-18-6-4-10(19-11)14(15,16)17/h4,6,9H,5,7-8H2,1-3H3,(H,20,23)(H,21,24). The van der Waals surface area contributed by atoms with E-state index in [4.69, 9.17) is 0 Å². The van der Waals surface area contributed by atoms with E-state index in [2.05, 4.69) is 20.8 Å². The Morgan fingerprint density at radius 2 is 1.96 bits per heavy atom. The van der Waals surface area contributed by atoms with Crippen molar-refractivity contribution in [3.05, 3.63) is 23.8 Å². The largest absolute Gasteiger partial charge is 0.433 e. The molecule has 1 rings (SSSR count). The fraction of sp³-hybridized carbons (Fsp3) is 0.571. The topological polar surface area (TPSA) is 87.2 Å². The Morgan fingerprint density at radius 1 is 1.29 bits per heavy atom. The average molecular weight is 347 g/mol. The summed E-state index contributed by atoms with van der Waals surface area (Å²) in [6, 6.07) is 0.804. The molecular weight excluding hydrogens is 327 g/mol. The second-order valence-electron chi connectivity index (χ2n) is 5.54. The van der Waals surface area contributed by atoms with E-state index in [1.54, 1.807) is 25.8 Å². The Labute approximate surface area is 137 Å². The predicted molar refractivity (Wildman–Crippen MR) is 79.4 cm³/mol. The van der Waals surface area contributed by atoms with Crippen LogP contribution >= 0.6 is 0 Å². The molecule has 134 valence electrons. The van der Waals surface area contributed by atoms with Gasteiger partial charge >= 0.3 is 6.18 Å². The quantitative estimate of drug-likeness (QED) is 0.743. The predicted octanol–water partition coefficient (Wildman–Crippen LogP) is 0.773. The van der Waals surface area contributed by atoms with Crippen molar-refractivity contribution in [1.29, 1.82) is 0 Å². The number of nitrogens with one attached hydrogen (secondary N) is 2. The molecule has 7 nitrogen and oxygen atoms in total. The maximum Gasteiger partial charge on any atom is 0.433 e. The first-order chi connectivity index (χ1) is 11.1. The first-order valence-electron chi connectivity index (χ1n) is 7.26. The van der Waals surface area contributed by atoms with Crippen LogP contribution in [-0.2, 0) is 22.2 Å². The fourth-order valence-electron chi connectivity index (χ4n) is 1.61. The lowest BCUT2D eigenvalue weighted by molar-refractivity contribution is -0.141. The third-order valence-electron chi connectivity index (χ3n) is 2.98. The number of likely N-dealkylation sites (N-methyl/N-ethyl adjacent to an activating group) is 1. The summed E-state index contributed by atoms with van der Waals surface area (Å²) in [6.07, 6.45) is -3.30. The van der Waals surface area contributed by atoms with Gasteiger partial charge in [-0.25, -0.2) is 9.97 Å². The molecule has 0 bridgehead atoms. The van der Waals surface area contributed by atoms with Gasteiger partial charge < -0.3 is 0 Å². The third-order valence-corrected chi connectivity index (χ3v) is 2.98. The number of alkyl halides is 3. The second-order valence-corrected chi connectivity index (χ2v) is 5.54. The number of carbonyl (C=O) groups is 2. The zero-order valence-corrected chi connectivity index (χ0v) is 13.6. The van der Waals surface area contributed by atoms with E-state index in [-0.39, 0.29) is 37.2 Å². The van der Waals surface area contributed by atoms with Gasteiger partial charge in [-0.3, -0.25) is 25.3 Å². The van der Waals surface area contributed by atoms with E-state index in [0.717, 1.165) is 12.3 Å². The van der Waals surface area contributed by atoms with Crippen LogP contribution in [0.4, 0.5) is 13.2 Å². The van der Waals surface area contributed by atoms with Gasteiger partial charge in [0.2, 0.25) is 5.91 Å². The first-order valence-corrected chi connectivity index (χ1v) is 7.26. The smallest absolute Gasteiger partial charge is 0.297 e. The molecule has 1 heterocycles. The molecule has 0 aliphatic rings. The summed E-state index contributed by atoms with van der Waals surface area (Å²) >= 11 is 0. The van der Waals surface area contributed by atoms with Crippen molar-refractivity contribution < 1.29 is 22.8 Å². The fourth-order valence-corrected chi connectivity index (χ4v) is 1.61. The van der Waals surface area contributed by atoms with Crippen molar-refractivity contribution in [2.45, 2.75) is 26.4 Å². The molecule has 0 fully saturated rings. The molecule has 2 N–H and O–H groups in total. The van der Waals surface area contributed by atoms with Crippen LogP contribution in [0.15, 0.2) is 12.3 Å². The Bertz CT molecular complexity index is 578. The number of rotatable bonds is 6. The summed E-state index contributed by atoms with van der Waals surface area (Å²) in [5.74, 6) is -0.967. The molecule has 0 saturated carbocycles.